The van der Waals surface area contributed by atoms with Crippen LogP contribution in [0.1, 0.15) is 88.0 Å². The molecule has 1 unspecified atom stereocenters. The number of ether oxygens (including phenoxy) is 1. The first-order valence-electron chi connectivity index (χ1n) is 20.0. The lowest BCUT2D eigenvalue weighted by atomic mass is 9.92. The van der Waals surface area contributed by atoms with Crippen molar-refractivity contribution in [3.05, 3.63) is 88.1 Å². The third-order valence-corrected chi connectivity index (χ3v) is 12.3. The van der Waals surface area contributed by atoms with Crippen LogP contribution in [-0.2, 0) is 4.79 Å². The summed E-state index contributed by atoms with van der Waals surface area (Å²) in [5, 5.41) is 15.2. The van der Waals surface area contributed by atoms with Crippen molar-refractivity contribution in [3.63, 3.8) is 0 Å². The SMILES string of the molecule is C=C1CCC(N2C(=O)c3cc(F)c(N4CCN(CC5CCN(c6ncc(C(=O)N[C@H]7CC[C@H](Oc8ccc(C#N)c(Cl)c8)CC7)cn6)CC5)CC4)cc3C2=O)C(=O)N1. The van der Waals surface area contributed by atoms with Gasteiger partial charge in [0.2, 0.25) is 11.9 Å². The maximum Gasteiger partial charge on any atom is 0.262 e. The smallest absolute Gasteiger partial charge is 0.262 e. The van der Waals surface area contributed by atoms with Gasteiger partial charge in [-0.25, -0.2) is 14.4 Å². The van der Waals surface area contributed by atoms with Crippen molar-refractivity contribution >= 4 is 46.9 Å². The van der Waals surface area contributed by atoms with Gasteiger partial charge < -0.3 is 25.2 Å². The van der Waals surface area contributed by atoms with Gasteiger partial charge in [-0.1, -0.05) is 18.2 Å². The number of allylic oxidation sites excluding steroid dienone is 1. The van der Waals surface area contributed by atoms with Crippen molar-refractivity contribution in [1.82, 2.24) is 30.4 Å². The van der Waals surface area contributed by atoms with Crippen LogP contribution in [0.3, 0.4) is 0 Å². The van der Waals surface area contributed by atoms with Crippen molar-refractivity contribution in [2.24, 2.45) is 5.92 Å². The number of fused-ring (bicyclic) bond motifs is 1. The number of nitrogens with one attached hydrogen (secondary N) is 2. The summed E-state index contributed by atoms with van der Waals surface area (Å²) >= 11 is 6.14. The first-order valence-corrected chi connectivity index (χ1v) is 20.3. The van der Waals surface area contributed by atoms with Gasteiger partial charge in [0.25, 0.3) is 17.7 Å². The van der Waals surface area contributed by atoms with Gasteiger partial charge in [0.05, 0.1) is 39.1 Å². The minimum Gasteiger partial charge on any atom is -0.490 e. The molecule has 16 heteroatoms. The number of amides is 4. The average Bonchev–Trinajstić information content (AvgIpc) is 3.46. The van der Waals surface area contributed by atoms with Crippen LogP contribution in [0.4, 0.5) is 16.0 Å². The molecule has 5 heterocycles. The molecule has 4 amide bonds. The highest BCUT2D eigenvalue weighted by Gasteiger charge is 2.45. The summed E-state index contributed by atoms with van der Waals surface area (Å²) in [6.07, 6.45) is 9.01. The Morgan fingerprint density at radius 2 is 1.62 bits per heavy atom. The number of nitriles is 1. The minimum atomic E-state index is -0.944. The summed E-state index contributed by atoms with van der Waals surface area (Å²) in [4.78, 5) is 68.6. The third-order valence-electron chi connectivity index (χ3n) is 12.0. The number of hydrogen-bond acceptors (Lipinski definition) is 11. The van der Waals surface area contributed by atoms with E-state index in [2.05, 4.69) is 37.0 Å². The number of benzene rings is 2. The highest BCUT2D eigenvalue weighted by Crippen LogP contribution is 2.34. The number of aromatic nitrogens is 2. The Labute approximate surface area is 341 Å². The summed E-state index contributed by atoms with van der Waals surface area (Å²) < 4.78 is 21.5. The molecule has 4 fully saturated rings. The molecule has 58 heavy (non-hydrogen) atoms. The molecule has 8 rings (SSSR count). The zero-order chi connectivity index (χ0) is 40.5. The lowest BCUT2D eigenvalue weighted by Gasteiger charge is -2.39. The molecule has 0 radical (unpaired) electrons. The van der Waals surface area contributed by atoms with Gasteiger partial charge in [-0.15, -0.1) is 0 Å². The van der Waals surface area contributed by atoms with Crippen LogP contribution >= 0.6 is 11.6 Å². The van der Waals surface area contributed by atoms with Gasteiger partial charge in [0.1, 0.15) is 23.7 Å². The standard InChI is InChI=1S/C42H45ClFN9O5/c1-25-2-9-36(39(55)48-25)53-40(56)32-19-35(44)37(20-33(32)41(53)57)51-16-14-50(15-17-51)24-26-10-12-52(13-11-26)42-46-22-28(23-47-42)38(54)49-29-4-7-30(8-5-29)58-31-6-3-27(21-45)34(43)18-31/h3,6,18-20,22-23,26,29-30,36H,1-2,4-5,7-17,24H2,(H,48,55)(H,49,54)/t29-,30-,36?. The molecule has 1 aromatic heterocycles. The lowest BCUT2D eigenvalue weighted by molar-refractivity contribution is -0.125. The van der Waals surface area contributed by atoms with E-state index in [0.29, 0.717) is 64.7 Å². The third kappa shape index (κ3) is 8.21. The van der Waals surface area contributed by atoms with Crippen molar-refractivity contribution in [1.29, 1.82) is 5.26 Å². The second kappa shape index (κ2) is 16.7. The van der Waals surface area contributed by atoms with Gasteiger partial charge in [0.15, 0.2) is 0 Å². The number of carbonyl (C=O) groups is 4. The Hall–Kier alpha value is -5.59. The van der Waals surface area contributed by atoms with Gasteiger partial charge in [-0.3, -0.25) is 29.0 Å². The molecule has 3 aromatic rings. The zero-order valence-electron chi connectivity index (χ0n) is 32.1. The van der Waals surface area contributed by atoms with E-state index in [1.54, 1.807) is 30.6 Å². The topological polar surface area (TPSA) is 164 Å². The number of hydrogen-bond donors (Lipinski definition) is 2. The van der Waals surface area contributed by atoms with Gasteiger partial charge >= 0.3 is 0 Å². The number of piperidine rings is 2. The normalized spacial score (nSPS) is 23.1. The van der Waals surface area contributed by atoms with E-state index in [-0.39, 0.29) is 35.6 Å². The van der Waals surface area contributed by atoms with Crippen molar-refractivity contribution in [3.8, 4) is 11.8 Å². The van der Waals surface area contributed by atoms with Crippen LogP contribution in [0.15, 0.2) is 55.0 Å². The predicted octanol–water partition coefficient (Wildman–Crippen LogP) is 4.69. The number of carbonyl (C=O) groups excluding carboxylic acids is 4. The summed E-state index contributed by atoms with van der Waals surface area (Å²) in [6.45, 7) is 8.90. The summed E-state index contributed by atoms with van der Waals surface area (Å²) in [5.41, 5.74) is 1.79. The molecule has 4 aliphatic heterocycles. The molecule has 5 aliphatic rings. The van der Waals surface area contributed by atoms with Crippen LogP contribution in [-0.4, -0.2) is 107 Å². The maximum absolute atomic E-state index is 15.4. The Kier molecular flexibility index (Phi) is 11.3. The van der Waals surface area contributed by atoms with Crippen LogP contribution in [0.25, 0.3) is 0 Å². The lowest BCUT2D eigenvalue weighted by Crippen LogP contribution is -2.51. The molecule has 302 valence electrons. The van der Waals surface area contributed by atoms with E-state index in [9.17, 15) is 19.2 Å². The highest BCUT2D eigenvalue weighted by atomic mass is 35.5. The second-order valence-electron chi connectivity index (χ2n) is 15.8. The van der Waals surface area contributed by atoms with E-state index < -0.39 is 29.6 Å². The number of rotatable bonds is 9. The molecule has 3 saturated heterocycles. The fourth-order valence-corrected chi connectivity index (χ4v) is 8.91. The van der Waals surface area contributed by atoms with Crippen molar-refractivity contribution < 1.29 is 28.3 Å². The van der Waals surface area contributed by atoms with Gasteiger partial charge in [-0.2, -0.15) is 5.26 Å². The molecule has 0 spiro atoms. The Bertz CT molecular complexity index is 2160. The number of nitrogens with zero attached hydrogens (tertiary/aromatic N) is 7. The van der Waals surface area contributed by atoms with Crippen LogP contribution in [0.2, 0.25) is 5.02 Å². The fraction of sp³-hybridized carbons (Fsp3) is 0.452. The number of anilines is 2. The molecule has 14 nitrogen and oxygen atoms in total. The van der Waals surface area contributed by atoms with Crippen LogP contribution < -0.4 is 25.2 Å². The Morgan fingerprint density at radius 1 is 0.931 bits per heavy atom. The highest BCUT2D eigenvalue weighted by molar-refractivity contribution is 6.31. The molecule has 2 aromatic carbocycles. The summed E-state index contributed by atoms with van der Waals surface area (Å²) in [7, 11) is 0. The first-order chi connectivity index (χ1) is 28.0. The Balaban J connectivity index is 0.764. The van der Waals surface area contributed by atoms with Crippen LogP contribution in [0, 0.1) is 23.1 Å². The summed E-state index contributed by atoms with van der Waals surface area (Å²) in [5.74, 6) is -0.702. The molecular weight excluding hydrogens is 765 g/mol. The van der Waals surface area contributed by atoms with E-state index in [4.69, 9.17) is 21.6 Å². The van der Waals surface area contributed by atoms with E-state index >= 15 is 4.39 Å². The van der Waals surface area contributed by atoms with Crippen molar-refractivity contribution in [2.75, 3.05) is 55.6 Å². The van der Waals surface area contributed by atoms with Gasteiger partial charge in [0, 0.05) is 76.0 Å². The molecule has 1 atom stereocenters. The second-order valence-corrected chi connectivity index (χ2v) is 16.2. The number of piperazine rings is 1. The predicted molar refractivity (Wildman–Crippen MR) is 213 cm³/mol. The summed E-state index contributed by atoms with van der Waals surface area (Å²) in [6, 6.07) is 8.81. The quantitative estimate of drug-likeness (QED) is 0.289. The molecule has 2 N–H and O–H groups in total. The first kappa shape index (κ1) is 39.2. The maximum atomic E-state index is 15.4. The number of imide groups is 1. The number of halogens is 2. The zero-order valence-corrected chi connectivity index (χ0v) is 32.8. The molecule has 1 aliphatic carbocycles. The fourth-order valence-electron chi connectivity index (χ4n) is 8.70. The van der Waals surface area contributed by atoms with E-state index in [0.717, 1.165) is 82.2 Å². The monoisotopic (exact) mass is 809 g/mol. The largest absolute Gasteiger partial charge is 0.490 e. The Morgan fingerprint density at radius 3 is 2.28 bits per heavy atom. The average molecular weight is 810 g/mol. The molecule has 0 bridgehead atoms. The van der Waals surface area contributed by atoms with E-state index in [1.165, 1.54) is 6.07 Å². The minimum absolute atomic E-state index is 0.00867. The molecular formula is C42H45ClFN9O5. The van der Waals surface area contributed by atoms with E-state index in [1.807, 2.05) is 11.0 Å². The van der Waals surface area contributed by atoms with Gasteiger partial charge in [-0.05, 0) is 81.5 Å². The molecule has 1 saturated carbocycles. The van der Waals surface area contributed by atoms with Crippen molar-refractivity contribution in [2.45, 2.75) is 69.6 Å². The van der Waals surface area contributed by atoms with Crippen LogP contribution in [0.5, 0.6) is 5.75 Å².